The lowest BCUT2D eigenvalue weighted by molar-refractivity contribution is 0.173. The van der Waals surface area contributed by atoms with Crippen LogP contribution in [0, 0.1) is 5.82 Å². The maximum absolute atomic E-state index is 13.0. The molecule has 0 saturated carbocycles. The van der Waals surface area contributed by atoms with Gasteiger partial charge in [0.05, 0.1) is 6.04 Å². The number of hydrogen-bond acceptors (Lipinski definition) is 3. The molecule has 3 nitrogen and oxygen atoms in total. The molecule has 0 fully saturated rings. The summed E-state index contributed by atoms with van der Waals surface area (Å²) in [6.07, 6.45) is 0.349. The van der Waals surface area contributed by atoms with Crippen LogP contribution < -0.4 is 10.2 Å². The van der Waals surface area contributed by atoms with Gasteiger partial charge in [-0.2, -0.15) is 0 Å². The van der Waals surface area contributed by atoms with Gasteiger partial charge >= 0.3 is 0 Å². The Hall–Kier alpha value is -2.07. The summed E-state index contributed by atoms with van der Waals surface area (Å²) in [5.41, 5.74) is 3.11. The average molecular weight is 300 g/mol. The fourth-order valence-electron chi connectivity index (χ4n) is 3.29. The van der Waals surface area contributed by atoms with Crippen LogP contribution in [-0.2, 0) is 0 Å². The lowest BCUT2D eigenvalue weighted by Crippen LogP contribution is -2.45. The number of para-hydroxylation sites is 1. The van der Waals surface area contributed by atoms with Crippen molar-refractivity contribution in [3.8, 4) is 0 Å². The van der Waals surface area contributed by atoms with Gasteiger partial charge in [-0.1, -0.05) is 18.2 Å². The molecule has 0 aromatic heterocycles. The van der Waals surface area contributed by atoms with Crippen LogP contribution in [0.2, 0.25) is 0 Å². The number of nitrogens with zero attached hydrogens (tertiary/aromatic N) is 1. The molecule has 22 heavy (non-hydrogen) atoms. The van der Waals surface area contributed by atoms with Crippen molar-refractivity contribution in [1.29, 1.82) is 0 Å². The Kier molecular flexibility index (Phi) is 4.03. The zero-order valence-electron chi connectivity index (χ0n) is 12.8. The average Bonchev–Trinajstić information content (AvgIpc) is 2.49. The number of aliphatic hydroxyl groups is 1. The topological polar surface area (TPSA) is 35.5 Å². The van der Waals surface area contributed by atoms with Crippen LogP contribution in [0.15, 0.2) is 48.5 Å². The molecule has 0 aliphatic carbocycles. The number of anilines is 2. The fourth-order valence-corrected chi connectivity index (χ4v) is 3.29. The number of nitrogens with one attached hydrogen (secondary N) is 1. The lowest BCUT2D eigenvalue weighted by Gasteiger charge is -2.42. The van der Waals surface area contributed by atoms with Crippen molar-refractivity contribution in [2.45, 2.75) is 38.6 Å². The van der Waals surface area contributed by atoms with Crippen molar-refractivity contribution in [3.05, 3.63) is 59.9 Å². The molecule has 1 heterocycles. The van der Waals surface area contributed by atoms with Crippen LogP contribution in [0.25, 0.3) is 0 Å². The number of halogens is 1. The Morgan fingerprint density at radius 2 is 1.86 bits per heavy atom. The van der Waals surface area contributed by atoms with Gasteiger partial charge in [-0.15, -0.1) is 0 Å². The standard InChI is InChI=1S/C18H21FN2O/c1-12-11-17(20-15-9-7-14(19)8-10-15)16-5-3-4-6-18(16)21(12)13(2)22/h3-10,12-13,17,20,22H,11H2,1-2H3. The van der Waals surface area contributed by atoms with Gasteiger partial charge in [-0.25, -0.2) is 4.39 Å². The van der Waals surface area contributed by atoms with Gasteiger partial charge in [0.1, 0.15) is 12.0 Å². The van der Waals surface area contributed by atoms with Crippen molar-refractivity contribution in [2.24, 2.45) is 0 Å². The molecule has 2 aromatic carbocycles. The van der Waals surface area contributed by atoms with E-state index >= 15 is 0 Å². The van der Waals surface area contributed by atoms with Gasteiger partial charge in [0.2, 0.25) is 0 Å². The lowest BCUT2D eigenvalue weighted by atomic mass is 9.91. The Labute approximate surface area is 130 Å². The molecule has 1 aliphatic heterocycles. The number of benzene rings is 2. The molecule has 0 saturated heterocycles. The van der Waals surface area contributed by atoms with Gasteiger partial charge in [-0.05, 0) is 56.2 Å². The molecule has 3 rings (SSSR count). The zero-order chi connectivity index (χ0) is 15.7. The summed E-state index contributed by atoms with van der Waals surface area (Å²) in [7, 11) is 0. The van der Waals surface area contributed by atoms with Crippen LogP contribution >= 0.6 is 0 Å². The van der Waals surface area contributed by atoms with Crippen molar-refractivity contribution in [1.82, 2.24) is 0 Å². The molecule has 0 bridgehead atoms. The van der Waals surface area contributed by atoms with Crippen LogP contribution in [-0.4, -0.2) is 17.4 Å². The summed E-state index contributed by atoms with van der Waals surface area (Å²) in [6, 6.07) is 14.9. The minimum absolute atomic E-state index is 0.145. The van der Waals surface area contributed by atoms with Gasteiger partial charge in [0.15, 0.2) is 0 Å². The summed E-state index contributed by atoms with van der Waals surface area (Å²) in [6.45, 7) is 3.91. The van der Waals surface area contributed by atoms with E-state index in [4.69, 9.17) is 0 Å². The van der Waals surface area contributed by atoms with Crippen molar-refractivity contribution < 1.29 is 9.50 Å². The summed E-state index contributed by atoms with van der Waals surface area (Å²) in [4.78, 5) is 2.04. The maximum atomic E-state index is 13.0. The van der Waals surface area contributed by atoms with E-state index in [9.17, 15) is 9.50 Å². The highest BCUT2D eigenvalue weighted by Crippen LogP contribution is 2.39. The smallest absolute Gasteiger partial charge is 0.124 e. The normalized spacial score (nSPS) is 22.1. The summed E-state index contributed by atoms with van der Waals surface area (Å²) in [5.74, 6) is -0.233. The minimum atomic E-state index is -0.525. The van der Waals surface area contributed by atoms with Gasteiger partial charge in [0.25, 0.3) is 0 Å². The Morgan fingerprint density at radius 3 is 2.55 bits per heavy atom. The Balaban J connectivity index is 1.92. The molecule has 2 N–H and O–H groups in total. The number of rotatable bonds is 3. The SMILES string of the molecule is CC(O)N1c2ccccc2C(Nc2ccc(F)cc2)CC1C. The predicted octanol–water partition coefficient (Wildman–Crippen LogP) is 3.92. The molecule has 116 valence electrons. The largest absolute Gasteiger partial charge is 0.378 e. The van der Waals surface area contributed by atoms with E-state index in [1.807, 2.05) is 23.1 Å². The number of fused-ring (bicyclic) bond motifs is 1. The summed E-state index contributed by atoms with van der Waals surface area (Å²) in [5, 5.41) is 13.5. The summed E-state index contributed by atoms with van der Waals surface area (Å²) < 4.78 is 13.0. The zero-order valence-corrected chi connectivity index (χ0v) is 12.8. The van der Waals surface area contributed by atoms with Crippen LogP contribution in [0.5, 0.6) is 0 Å². The van der Waals surface area contributed by atoms with E-state index in [0.717, 1.165) is 23.4 Å². The van der Waals surface area contributed by atoms with Crippen molar-refractivity contribution in [2.75, 3.05) is 10.2 Å². The first-order valence-electron chi connectivity index (χ1n) is 7.63. The molecule has 1 aliphatic rings. The highest BCUT2D eigenvalue weighted by atomic mass is 19.1. The van der Waals surface area contributed by atoms with Crippen LogP contribution in [0.3, 0.4) is 0 Å². The van der Waals surface area contributed by atoms with Crippen molar-refractivity contribution >= 4 is 11.4 Å². The van der Waals surface area contributed by atoms with E-state index in [2.05, 4.69) is 18.3 Å². The quantitative estimate of drug-likeness (QED) is 0.902. The van der Waals surface area contributed by atoms with Gasteiger partial charge < -0.3 is 15.3 Å². The van der Waals surface area contributed by atoms with E-state index in [1.54, 1.807) is 19.1 Å². The highest BCUT2D eigenvalue weighted by Gasteiger charge is 2.31. The van der Waals surface area contributed by atoms with Crippen molar-refractivity contribution in [3.63, 3.8) is 0 Å². The van der Waals surface area contributed by atoms with E-state index in [-0.39, 0.29) is 17.9 Å². The number of hydrogen-bond donors (Lipinski definition) is 2. The first-order chi connectivity index (χ1) is 10.6. The number of aliphatic hydroxyl groups excluding tert-OH is 1. The fraction of sp³-hybridized carbons (Fsp3) is 0.333. The van der Waals surface area contributed by atoms with E-state index in [0.29, 0.717) is 0 Å². The highest BCUT2D eigenvalue weighted by molar-refractivity contribution is 5.60. The Bertz CT molecular complexity index is 642. The molecule has 4 heteroatoms. The van der Waals surface area contributed by atoms with Gasteiger partial charge in [0, 0.05) is 17.4 Å². The van der Waals surface area contributed by atoms with Crippen LogP contribution in [0.4, 0.5) is 15.8 Å². The molecule has 0 amide bonds. The first kappa shape index (κ1) is 14.9. The maximum Gasteiger partial charge on any atom is 0.124 e. The molecular weight excluding hydrogens is 279 g/mol. The van der Waals surface area contributed by atoms with E-state index in [1.165, 1.54) is 12.1 Å². The monoisotopic (exact) mass is 300 g/mol. The first-order valence-corrected chi connectivity index (χ1v) is 7.63. The third-order valence-electron chi connectivity index (χ3n) is 4.23. The molecule has 3 unspecified atom stereocenters. The van der Waals surface area contributed by atoms with Gasteiger partial charge in [-0.3, -0.25) is 0 Å². The second kappa shape index (κ2) is 5.97. The predicted molar refractivity (Wildman–Crippen MR) is 87.4 cm³/mol. The molecule has 0 radical (unpaired) electrons. The van der Waals surface area contributed by atoms with E-state index < -0.39 is 6.23 Å². The second-order valence-corrected chi connectivity index (χ2v) is 5.89. The molecule has 2 aromatic rings. The third-order valence-corrected chi connectivity index (χ3v) is 4.23. The molecule has 0 spiro atoms. The van der Waals surface area contributed by atoms with Crippen LogP contribution in [0.1, 0.15) is 31.9 Å². The second-order valence-electron chi connectivity index (χ2n) is 5.89. The Morgan fingerprint density at radius 1 is 1.18 bits per heavy atom. The third kappa shape index (κ3) is 2.79. The minimum Gasteiger partial charge on any atom is -0.378 e. The molecule has 3 atom stereocenters. The summed E-state index contributed by atoms with van der Waals surface area (Å²) >= 11 is 0. The molecular formula is C18H21FN2O.